The lowest BCUT2D eigenvalue weighted by Gasteiger charge is -2.15. The summed E-state index contributed by atoms with van der Waals surface area (Å²) in [5.41, 5.74) is 2.62. The fourth-order valence-electron chi connectivity index (χ4n) is 3.20. The lowest BCUT2D eigenvalue weighted by atomic mass is 10.1. The number of hydrogen-bond acceptors (Lipinski definition) is 5. The van der Waals surface area contributed by atoms with E-state index in [1.807, 2.05) is 84.9 Å². The van der Waals surface area contributed by atoms with E-state index in [1.54, 1.807) is 19.1 Å². The minimum absolute atomic E-state index is 0.0894. The van der Waals surface area contributed by atoms with Crippen LogP contribution in [0.3, 0.4) is 0 Å². The Hall–Kier alpha value is -3.51. The number of ether oxygens (including phenoxy) is 2. The lowest BCUT2D eigenvalue weighted by Crippen LogP contribution is -2.28. The molecule has 1 saturated heterocycles. The molecule has 0 aromatic heterocycles. The number of carbonyl (C=O) groups is 1. The molecule has 1 heterocycles. The van der Waals surface area contributed by atoms with E-state index in [4.69, 9.17) is 14.5 Å². The third kappa shape index (κ3) is 4.81. The summed E-state index contributed by atoms with van der Waals surface area (Å²) in [4.78, 5) is 20.4. The summed E-state index contributed by atoms with van der Waals surface area (Å²) in [5, 5.41) is 0.646. The van der Waals surface area contributed by atoms with E-state index in [9.17, 15) is 4.79 Å². The maximum Gasteiger partial charge on any atom is 0.267 e. The Labute approximate surface area is 186 Å². The van der Waals surface area contributed by atoms with Gasteiger partial charge in [0.05, 0.1) is 31.4 Å². The highest BCUT2D eigenvalue weighted by Gasteiger charge is 2.33. The second kappa shape index (κ2) is 9.53. The van der Waals surface area contributed by atoms with Gasteiger partial charge in [-0.05, 0) is 53.7 Å². The average molecular weight is 431 g/mol. The summed E-state index contributed by atoms with van der Waals surface area (Å²) in [7, 11) is 3.22. The number of para-hydroxylation sites is 1. The van der Waals surface area contributed by atoms with E-state index in [0.717, 1.165) is 16.8 Å². The molecule has 3 aromatic carbocycles. The summed E-state index contributed by atoms with van der Waals surface area (Å²) in [6.45, 7) is 0.449. The van der Waals surface area contributed by atoms with Gasteiger partial charge in [0.2, 0.25) is 0 Å². The highest BCUT2D eigenvalue weighted by atomic mass is 32.2. The number of hydrogen-bond donors (Lipinski definition) is 0. The van der Waals surface area contributed by atoms with Crippen molar-refractivity contribution in [2.75, 3.05) is 14.2 Å². The summed E-state index contributed by atoms with van der Waals surface area (Å²) in [5.74, 6) is 1.28. The number of amides is 1. The maximum atomic E-state index is 13.4. The number of rotatable bonds is 6. The van der Waals surface area contributed by atoms with Crippen LogP contribution in [-0.4, -0.2) is 30.2 Å². The van der Waals surface area contributed by atoms with Gasteiger partial charge in [-0.1, -0.05) is 48.5 Å². The van der Waals surface area contributed by atoms with E-state index < -0.39 is 0 Å². The maximum absolute atomic E-state index is 13.4. The van der Waals surface area contributed by atoms with Crippen LogP contribution in [0.15, 0.2) is 88.8 Å². The van der Waals surface area contributed by atoms with Crippen molar-refractivity contribution in [3.8, 4) is 11.5 Å². The first-order chi connectivity index (χ1) is 15.2. The van der Waals surface area contributed by atoms with Crippen molar-refractivity contribution in [2.24, 2.45) is 4.99 Å². The molecule has 0 saturated carbocycles. The molecule has 6 heteroatoms. The molecular formula is C25H22N2O3S. The van der Waals surface area contributed by atoms with Crippen LogP contribution in [0.2, 0.25) is 0 Å². The number of benzene rings is 3. The quantitative estimate of drug-likeness (QED) is 0.484. The Balaban J connectivity index is 1.73. The van der Waals surface area contributed by atoms with Gasteiger partial charge in [-0.25, -0.2) is 4.99 Å². The highest BCUT2D eigenvalue weighted by Crippen LogP contribution is 2.37. The zero-order valence-corrected chi connectivity index (χ0v) is 18.1. The second-order valence-electron chi connectivity index (χ2n) is 6.83. The van der Waals surface area contributed by atoms with Crippen LogP contribution in [0.25, 0.3) is 6.08 Å². The SMILES string of the molecule is COc1ccc(OC)c(/C=C2/SC(=Nc3ccccc3)N(Cc3ccccc3)C2=O)c1. The molecule has 1 aliphatic heterocycles. The number of thioether (sulfide) groups is 1. The summed E-state index contributed by atoms with van der Waals surface area (Å²) < 4.78 is 10.8. The molecule has 1 amide bonds. The van der Waals surface area contributed by atoms with Crippen LogP contribution in [0.5, 0.6) is 11.5 Å². The summed E-state index contributed by atoms with van der Waals surface area (Å²) in [6.07, 6.45) is 1.83. The van der Waals surface area contributed by atoms with Gasteiger partial charge in [0.15, 0.2) is 5.17 Å². The first-order valence-corrected chi connectivity index (χ1v) is 10.6. The van der Waals surface area contributed by atoms with Gasteiger partial charge in [0.25, 0.3) is 5.91 Å². The van der Waals surface area contributed by atoms with Crippen molar-refractivity contribution in [1.29, 1.82) is 0 Å². The van der Waals surface area contributed by atoms with Gasteiger partial charge in [-0.3, -0.25) is 9.69 Å². The fourth-order valence-corrected chi connectivity index (χ4v) is 4.19. The van der Waals surface area contributed by atoms with Crippen molar-refractivity contribution in [3.63, 3.8) is 0 Å². The Kier molecular flexibility index (Phi) is 6.38. The summed E-state index contributed by atoms with van der Waals surface area (Å²) in [6, 6.07) is 25.1. The molecule has 0 N–H and O–H groups in total. The number of aliphatic imine (C=N–C) groups is 1. The molecule has 3 aromatic rings. The van der Waals surface area contributed by atoms with Gasteiger partial charge in [0, 0.05) is 5.56 Å². The van der Waals surface area contributed by atoms with E-state index in [2.05, 4.69) is 0 Å². The minimum atomic E-state index is -0.0894. The molecule has 156 valence electrons. The zero-order valence-electron chi connectivity index (χ0n) is 17.3. The Morgan fingerprint density at radius 3 is 2.32 bits per heavy atom. The fraction of sp³-hybridized carbons (Fsp3) is 0.120. The van der Waals surface area contributed by atoms with E-state index in [1.165, 1.54) is 11.8 Å². The van der Waals surface area contributed by atoms with Gasteiger partial charge in [-0.15, -0.1) is 0 Å². The Morgan fingerprint density at radius 2 is 1.65 bits per heavy atom. The van der Waals surface area contributed by atoms with Gasteiger partial charge in [0.1, 0.15) is 11.5 Å². The largest absolute Gasteiger partial charge is 0.497 e. The van der Waals surface area contributed by atoms with Crippen LogP contribution < -0.4 is 9.47 Å². The van der Waals surface area contributed by atoms with Crippen molar-refractivity contribution in [1.82, 2.24) is 4.90 Å². The second-order valence-corrected chi connectivity index (χ2v) is 7.83. The molecule has 0 atom stereocenters. The molecule has 0 unspecified atom stereocenters. The molecule has 1 fully saturated rings. The van der Waals surface area contributed by atoms with Crippen molar-refractivity contribution >= 4 is 34.6 Å². The Morgan fingerprint density at radius 1 is 0.935 bits per heavy atom. The smallest absolute Gasteiger partial charge is 0.267 e. The normalized spacial score (nSPS) is 16.2. The first-order valence-electron chi connectivity index (χ1n) is 9.79. The molecule has 0 bridgehead atoms. The molecule has 1 aliphatic rings. The standard InChI is InChI=1S/C25H22N2O3S/c1-29-21-13-14-22(30-2)19(15-21)16-23-24(28)27(17-18-9-5-3-6-10-18)25(31-23)26-20-11-7-4-8-12-20/h3-16H,17H2,1-2H3/b23-16+,26-25?. The topological polar surface area (TPSA) is 51.1 Å². The Bertz CT molecular complexity index is 1130. The van der Waals surface area contributed by atoms with E-state index in [0.29, 0.717) is 28.1 Å². The minimum Gasteiger partial charge on any atom is -0.497 e. The van der Waals surface area contributed by atoms with Crippen LogP contribution in [0, 0.1) is 0 Å². The monoisotopic (exact) mass is 430 g/mol. The third-order valence-electron chi connectivity index (χ3n) is 4.78. The number of amidine groups is 1. The molecule has 31 heavy (non-hydrogen) atoms. The molecule has 0 aliphatic carbocycles. The van der Waals surface area contributed by atoms with Crippen LogP contribution in [-0.2, 0) is 11.3 Å². The van der Waals surface area contributed by atoms with Crippen molar-refractivity contribution in [3.05, 3.63) is 94.9 Å². The molecule has 0 radical (unpaired) electrons. The number of carbonyl (C=O) groups excluding carboxylic acids is 1. The predicted molar refractivity (Wildman–Crippen MR) is 126 cm³/mol. The van der Waals surface area contributed by atoms with E-state index >= 15 is 0 Å². The zero-order chi connectivity index (χ0) is 21.6. The number of nitrogens with zero attached hydrogens (tertiary/aromatic N) is 2. The first kappa shape index (κ1) is 20.8. The highest BCUT2D eigenvalue weighted by molar-refractivity contribution is 8.18. The van der Waals surface area contributed by atoms with Crippen LogP contribution in [0.1, 0.15) is 11.1 Å². The van der Waals surface area contributed by atoms with Gasteiger partial charge >= 0.3 is 0 Å². The molecule has 5 nitrogen and oxygen atoms in total. The third-order valence-corrected chi connectivity index (χ3v) is 5.78. The van der Waals surface area contributed by atoms with Crippen LogP contribution in [0.4, 0.5) is 5.69 Å². The van der Waals surface area contributed by atoms with Crippen LogP contribution >= 0.6 is 11.8 Å². The molecule has 0 spiro atoms. The van der Waals surface area contributed by atoms with Gasteiger partial charge in [-0.2, -0.15) is 0 Å². The van der Waals surface area contributed by atoms with Gasteiger partial charge < -0.3 is 9.47 Å². The van der Waals surface area contributed by atoms with Crippen molar-refractivity contribution < 1.29 is 14.3 Å². The number of methoxy groups -OCH3 is 2. The lowest BCUT2D eigenvalue weighted by molar-refractivity contribution is -0.122. The summed E-state index contributed by atoms with van der Waals surface area (Å²) >= 11 is 1.36. The van der Waals surface area contributed by atoms with E-state index in [-0.39, 0.29) is 5.91 Å². The predicted octanol–water partition coefficient (Wildman–Crippen LogP) is 5.51. The average Bonchev–Trinajstić information content (AvgIpc) is 3.09. The molecule has 4 rings (SSSR count). The van der Waals surface area contributed by atoms with Crippen molar-refractivity contribution in [2.45, 2.75) is 6.54 Å². The molecular weight excluding hydrogens is 408 g/mol.